The second kappa shape index (κ2) is 9.45. The summed E-state index contributed by atoms with van der Waals surface area (Å²) in [6, 6.07) is 57.7. The molecule has 9 aromatic carbocycles. The molecule has 13 aromatic rings. The van der Waals surface area contributed by atoms with Crippen LogP contribution < -0.4 is 16.4 Å². The molecule has 0 saturated carbocycles. The quantitative estimate of drug-likeness (QED) is 0.138. The number of thiophene rings is 2. The van der Waals surface area contributed by atoms with Gasteiger partial charge < -0.3 is 9.13 Å². The highest BCUT2D eigenvalue weighted by Gasteiger charge is 2.41. The predicted molar refractivity (Wildman–Crippen MR) is 241 cm³/mol. The van der Waals surface area contributed by atoms with Crippen molar-refractivity contribution in [2.24, 2.45) is 0 Å². The lowest BCUT2D eigenvalue weighted by Crippen LogP contribution is -2.59. The number of aromatic nitrogens is 2. The fourth-order valence-electron chi connectivity index (χ4n) is 11.0. The maximum Gasteiger partial charge on any atom is 0.252 e. The van der Waals surface area contributed by atoms with Gasteiger partial charge in [0.25, 0.3) is 6.71 Å². The molecule has 0 atom stereocenters. The smallest absolute Gasteiger partial charge is 0.252 e. The summed E-state index contributed by atoms with van der Waals surface area (Å²) < 4.78 is 10.7. The summed E-state index contributed by atoms with van der Waals surface area (Å²) in [5.74, 6) is 0. The topological polar surface area (TPSA) is 9.86 Å². The number of hydrogen-bond acceptors (Lipinski definition) is 2. The molecule has 0 fully saturated rings. The monoisotopic (exact) mass is 728 g/mol. The van der Waals surface area contributed by atoms with Crippen molar-refractivity contribution in [2.45, 2.75) is 0 Å². The molecule has 15 rings (SSSR count). The van der Waals surface area contributed by atoms with Crippen LogP contribution in [0.2, 0.25) is 0 Å². The normalized spacial score (nSPS) is 13.4. The highest BCUT2D eigenvalue weighted by molar-refractivity contribution is 7.27. The standard InChI is InChI=1S/C50H25BN2S2/c1-3-10-28-26(8-1)18-24-40-42(28)32-20-22-36-44(49(32)54-40)30-12-5-14-34-47(30)52(36)38-16-7-17-39-46(38)51(34)35-15-6-13-31-45-37(53(39)48(31)35)23-21-33-43-29-11-4-2-9-27(29)19-25-41(43)55-50(33)45/h1-25H. The summed E-state index contributed by atoms with van der Waals surface area (Å²) in [5.41, 5.74) is 12.1. The number of para-hydroxylation sites is 2. The third-order valence-corrected chi connectivity index (χ3v) is 15.4. The van der Waals surface area contributed by atoms with E-state index in [0.717, 1.165) is 0 Å². The third-order valence-electron chi connectivity index (χ3n) is 13.1. The fourth-order valence-corrected chi connectivity index (χ4v) is 13.6. The average Bonchev–Trinajstić information content (AvgIpc) is 3.99. The van der Waals surface area contributed by atoms with Crippen LogP contribution in [0.15, 0.2) is 152 Å². The van der Waals surface area contributed by atoms with Crippen LogP contribution in [0.25, 0.3) is 117 Å². The molecule has 2 nitrogen and oxygen atoms in total. The molecule has 2 aliphatic rings. The molecular formula is C50H25BN2S2. The molecule has 0 aliphatic carbocycles. The van der Waals surface area contributed by atoms with Crippen molar-refractivity contribution in [3.8, 4) is 11.4 Å². The van der Waals surface area contributed by atoms with Crippen molar-refractivity contribution in [3.63, 3.8) is 0 Å². The van der Waals surface area contributed by atoms with Gasteiger partial charge in [-0.25, -0.2) is 0 Å². The van der Waals surface area contributed by atoms with Gasteiger partial charge in [0.05, 0.1) is 11.0 Å². The summed E-state index contributed by atoms with van der Waals surface area (Å²) in [6.07, 6.45) is 0. The van der Waals surface area contributed by atoms with Gasteiger partial charge in [-0.15, -0.1) is 22.7 Å². The van der Waals surface area contributed by atoms with E-state index in [1.807, 2.05) is 22.7 Å². The molecule has 0 N–H and O–H groups in total. The number of hydrogen-bond donors (Lipinski definition) is 0. The minimum Gasteiger partial charge on any atom is -0.310 e. The number of nitrogens with zero attached hydrogens (tertiary/aromatic N) is 2. The summed E-state index contributed by atoms with van der Waals surface area (Å²) >= 11 is 3.90. The van der Waals surface area contributed by atoms with Crippen molar-refractivity contribution in [3.05, 3.63) is 152 Å². The van der Waals surface area contributed by atoms with Crippen LogP contribution in [0.1, 0.15) is 0 Å². The lowest BCUT2D eigenvalue weighted by molar-refractivity contribution is 1.14. The molecule has 5 heteroatoms. The van der Waals surface area contributed by atoms with Gasteiger partial charge in [0, 0.05) is 84.3 Å². The van der Waals surface area contributed by atoms with Gasteiger partial charge >= 0.3 is 0 Å². The van der Waals surface area contributed by atoms with E-state index < -0.39 is 0 Å². The van der Waals surface area contributed by atoms with Gasteiger partial charge in [-0.1, -0.05) is 115 Å². The van der Waals surface area contributed by atoms with Crippen LogP contribution in [0, 0.1) is 0 Å². The van der Waals surface area contributed by atoms with E-state index in [1.54, 1.807) is 0 Å². The summed E-state index contributed by atoms with van der Waals surface area (Å²) in [4.78, 5) is 0. The van der Waals surface area contributed by atoms with Crippen molar-refractivity contribution < 1.29 is 0 Å². The molecule has 0 amide bonds. The Labute approximate surface area is 321 Å². The molecule has 0 radical (unpaired) electrons. The summed E-state index contributed by atoms with van der Waals surface area (Å²) in [6.45, 7) is 0.135. The van der Waals surface area contributed by atoms with Crippen molar-refractivity contribution in [2.75, 3.05) is 0 Å². The van der Waals surface area contributed by atoms with Crippen LogP contribution in [-0.4, -0.2) is 15.8 Å². The molecule has 0 bridgehead atoms. The Kier molecular flexibility index (Phi) is 4.83. The lowest BCUT2D eigenvalue weighted by atomic mass is 9.34. The maximum atomic E-state index is 2.60. The van der Waals surface area contributed by atoms with Gasteiger partial charge in [-0.3, -0.25) is 0 Å². The molecule has 250 valence electrons. The van der Waals surface area contributed by atoms with E-state index in [9.17, 15) is 0 Å². The molecule has 4 aromatic heterocycles. The average molecular weight is 729 g/mol. The number of benzene rings is 9. The first kappa shape index (κ1) is 28.1. The molecule has 0 unspecified atom stereocenters. The van der Waals surface area contributed by atoms with Crippen LogP contribution in [0.5, 0.6) is 0 Å². The second-order valence-corrected chi connectivity index (χ2v) is 17.6. The van der Waals surface area contributed by atoms with Crippen LogP contribution in [0.4, 0.5) is 0 Å². The molecule has 55 heavy (non-hydrogen) atoms. The largest absolute Gasteiger partial charge is 0.310 e. The van der Waals surface area contributed by atoms with Gasteiger partial charge in [-0.05, 0) is 74.3 Å². The Morgan fingerprint density at radius 3 is 1.36 bits per heavy atom. The first-order chi connectivity index (χ1) is 27.3. The van der Waals surface area contributed by atoms with E-state index in [-0.39, 0.29) is 6.71 Å². The Morgan fingerprint density at radius 2 is 0.836 bits per heavy atom. The Balaban J connectivity index is 1.08. The third kappa shape index (κ3) is 3.14. The molecule has 2 aliphatic heterocycles. The zero-order valence-corrected chi connectivity index (χ0v) is 30.9. The van der Waals surface area contributed by atoms with E-state index in [1.165, 1.54) is 133 Å². The Hall–Kier alpha value is -6.40. The first-order valence-corrected chi connectivity index (χ1v) is 20.7. The minimum absolute atomic E-state index is 0.135. The van der Waals surface area contributed by atoms with Gasteiger partial charge in [0.1, 0.15) is 0 Å². The van der Waals surface area contributed by atoms with Gasteiger partial charge in [0.15, 0.2) is 0 Å². The zero-order chi connectivity index (χ0) is 35.3. The first-order valence-electron chi connectivity index (χ1n) is 19.1. The van der Waals surface area contributed by atoms with Crippen molar-refractivity contribution in [1.29, 1.82) is 0 Å². The fraction of sp³-hybridized carbons (Fsp3) is 0. The maximum absolute atomic E-state index is 2.60. The van der Waals surface area contributed by atoms with Crippen LogP contribution in [0.3, 0.4) is 0 Å². The molecule has 6 heterocycles. The second-order valence-electron chi connectivity index (χ2n) is 15.5. The van der Waals surface area contributed by atoms with E-state index in [0.29, 0.717) is 0 Å². The van der Waals surface area contributed by atoms with Crippen LogP contribution >= 0.6 is 22.7 Å². The summed E-state index contributed by atoms with van der Waals surface area (Å²) in [5, 5.41) is 16.2. The van der Waals surface area contributed by atoms with Crippen molar-refractivity contribution in [1.82, 2.24) is 9.13 Å². The van der Waals surface area contributed by atoms with Gasteiger partial charge in [-0.2, -0.15) is 0 Å². The molecular weight excluding hydrogens is 704 g/mol. The van der Waals surface area contributed by atoms with Crippen LogP contribution in [-0.2, 0) is 0 Å². The molecule has 0 saturated heterocycles. The Morgan fingerprint density at radius 1 is 0.364 bits per heavy atom. The highest BCUT2D eigenvalue weighted by atomic mass is 32.1. The lowest BCUT2D eigenvalue weighted by Gasteiger charge is -2.33. The minimum atomic E-state index is 0.135. The SMILES string of the molecule is c1cc2c3c(c1)-n1c4ccc5c(sc6ccc7ccccc7c65)c4c4cccc(c41)B3c1cccc3c4c5sc6ccc7ccccc7c6c5ccc4n-2c13. The number of fused-ring (bicyclic) bond motifs is 22. The Bertz CT molecular complexity index is 3710. The summed E-state index contributed by atoms with van der Waals surface area (Å²) in [7, 11) is 0. The van der Waals surface area contributed by atoms with Crippen molar-refractivity contribution >= 4 is 151 Å². The molecule has 0 spiro atoms. The predicted octanol–water partition coefficient (Wildman–Crippen LogP) is 12.1. The zero-order valence-electron chi connectivity index (χ0n) is 29.2. The van der Waals surface area contributed by atoms with E-state index >= 15 is 0 Å². The van der Waals surface area contributed by atoms with E-state index in [4.69, 9.17) is 0 Å². The highest BCUT2D eigenvalue weighted by Crippen LogP contribution is 2.48. The number of rotatable bonds is 0. The van der Waals surface area contributed by atoms with Gasteiger partial charge in [0.2, 0.25) is 0 Å². The van der Waals surface area contributed by atoms with E-state index in [2.05, 4.69) is 161 Å².